The monoisotopic (exact) mass is 515 g/mol. The molecule has 1 aromatic heterocycles. The molecule has 0 bridgehead atoms. The third-order valence-corrected chi connectivity index (χ3v) is 8.30. The number of nitrogens with zero attached hydrogens (tertiary/aromatic N) is 1. The largest absolute Gasteiger partial charge is 0.586 e. The van der Waals surface area contributed by atoms with Crippen LogP contribution in [0.3, 0.4) is 0 Å². The Labute approximate surface area is 198 Å². The minimum absolute atomic E-state index is 0.0787. The van der Waals surface area contributed by atoms with Crippen molar-refractivity contribution in [2.24, 2.45) is 0 Å². The number of halogens is 2. The third kappa shape index (κ3) is 5.25. The number of nitrogens with one attached hydrogen (secondary N) is 2. The second kappa shape index (κ2) is 8.38. The van der Waals surface area contributed by atoms with Crippen molar-refractivity contribution >= 4 is 43.8 Å². The number of fused-ring (bicyclic) bond motifs is 1. The van der Waals surface area contributed by atoms with Gasteiger partial charge >= 0.3 is 12.3 Å². The molecule has 0 radical (unpaired) electrons. The van der Waals surface area contributed by atoms with E-state index < -0.39 is 22.2 Å². The fraction of sp³-hybridized carbons (Fsp3) is 0.429. The SMILES string of the molecule is CC(C)(C)c1cc(C(=O)N2CCS(=O)(=O)CC2)c(NC(=O)Nc2ccc3c(c2)OC(F)(F)O3)s1. The number of sulfone groups is 1. The first-order chi connectivity index (χ1) is 15.7. The van der Waals surface area contributed by atoms with E-state index in [1.165, 1.54) is 34.4 Å². The van der Waals surface area contributed by atoms with Crippen LogP contribution in [0.1, 0.15) is 36.0 Å². The van der Waals surface area contributed by atoms with Gasteiger partial charge in [0.1, 0.15) is 5.00 Å². The van der Waals surface area contributed by atoms with Crippen molar-refractivity contribution in [3.8, 4) is 11.5 Å². The fourth-order valence-electron chi connectivity index (χ4n) is 3.39. The molecular formula is C21H23F2N3O6S2. The molecule has 1 aromatic carbocycles. The zero-order valence-corrected chi connectivity index (χ0v) is 20.2. The average molecular weight is 516 g/mol. The van der Waals surface area contributed by atoms with Crippen LogP contribution in [0, 0.1) is 0 Å². The Bertz CT molecular complexity index is 1240. The Hall–Kier alpha value is -2.93. The highest BCUT2D eigenvalue weighted by Crippen LogP contribution is 2.42. The number of amides is 3. The van der Waals surface area contributed by atoms with Gasteiger partial charge in [0.05, 0.1) is 17.1 Å². The number of ether oxygens (including phenoxy) is 2. The maximum atomic E-state index is 13.2. The highest BCUT2D eigenvalue weighted by Gasteiger charge is 2.43. The van der Waals surface area contributed by atoms with E-state index in [1.807, 2.05) is 20.8 Å². The number of alkyl halides is 2. The van der Waals surface area contributed by atoms with Crippen LogP contribution in [-0.2, 0) is 15.3 Å². The van der Waals surface area contributed by atoms with Crippen LogP contribution in [0.5, 0.6) is 11.5 Å². The topological polar surface area (TPSA) is 114 Å². The van der Waals surface area contributed by atoms with Crippen molar-refractivity contribution in [1.82, 2.24) is 4.90 Å². The molecule has 0 atom stereocenters. The number of hydrogen-bond donors (Lipinski definition) is 2. The molecule has 9 nitrogen and oxygen atoms in total. The van der Waals surface area contributed by atoms with E-state index in [-0.39, 0.29) is 58.7 Å². The summed E-state index contributed by atoms with van der Waals surface area (Å²) in [7, 11) is -3.16. The molecule has 0 unspecified atom stereocenters. The van der Waals surface area contributed by atoms with E-state index in [9.17, 15) is 26.8 Å². The normalized spacial score (nSPS) is 18.4. The Morgan fingerprint density at radius 3 is 2.35 bits per heavy atom. The molecule has 3 amide bonds. The predicted molar refractivity (Wildman–Crippen MR) is 123 cm³/mol. The molecule has 1 saturated heterocycles. The second-order valence-corrected chi connectivity index (χ2v) is 12.3. The average Bonchev–Trinajstić information content (AvgIpc) is 3.26. The summed E-state index contributed by atoms with van der Waals surface area (Å²) in [5.74, 6) is -0.962. The molecule has 2 N–H and O–H groups in total. The van der Waals surface area contributed by atoms with Crippen molar-refractivity contribution in [3.05, 3.63) is 34.7 Å². The van der Waals surface area contributed by atoms with Gasteiger partial charge in [-0.1, -0.05) is 20.8 Å². The van der Waals surface area contributed by atoms with Gasteiger partial charge in [-0.15, -0.1) is 20.1 Å². The van der Waals surface area contributed by atoms with Gasteiger partial charge in [0.2, 0.25) is 0 Å². The van der Waals surface area contributed by atoms with Gasteiger partial charge in [0.15, 0.2) is 21.3 Å². The molecule has 34 heavy (non-hydrogen) atoms. The van der Waals surface area contributed by atoms with Gasteiger partial charge < -0.3 is 19.7 Å². The molecule has 3 heterocycles. The number of carbonyl (C=O) groups excluding carboxylic acids is 2. The Kier molecular flexibility index (Phi) is 5.96. The van der Waals surface area contributed by atoms with Crippen LogP contribution >= 0.6 is 11.3 Å². The maximum Gasteiger partial charge on any atom is 0.586 e. The second-order valence-electron chi connectivity index (χ2n) is 8.96. The van der Waals surface area contributed by atoms with Crippen LogP contribution in [0.2, 0.25) is 0 Å². The zero-order chi connectivity index (χ0) is 24.9. The number of anilines is 2. The standard InChI is InChI=1S/C21H23F2N3O6S2/c1-20(2,3)16-11-13(18(27)26-6-8-34(29,30)9-7-26)17(33-16)25-19(28)24-12-4-5-14-15(10-12)32-21(22,23)31-14/h4-5,10-11H,6-9H2,1-3H3,(H2,24,25,28). The molecule has 0 saturated carbocycles. The molecule has 2 aromatic rings. The predicted octanol–water partition coefficient (Wildman–Crippen LogP) is 3.88. The number of hydrogen-bond acceptors (Lipinski definition) is 7. The quantitative estimate of drug-likeness (QED) is 0.641. The summed E-state index contributed by atoms with van der Waals surface area (Å²) >= 11 is 1.24. The van der Waals surface area contributed by atoms with Crippen LogP contribution in [0.15, 0.2) is 24.3 Å². The molecule has 13 heteroatoms. The van der Waals surface area contributed by atoms with E-state index in [0.29, 0.717) is 5.00 Å². The first kappa shape index (κ1) is 24.2. The number of urea groups is 1. The molecule has 2 aliphatic heterocycles. The van der Waals surface area contributed by atoms with E-state index in [1.54, 1.807) is 6.07 Å². The first-order valence-electron chi connectivity index (χ1n) is 10.3. The van der Waals surface area contributed by atoms with Gasteiger partial charge in [-0.2, -0.15) is 0 Å². The zero-order valence-electron chi connectivity index (χ0n) is 18.6. The molecule has 184 valence electrons. The molecule has 0 aliphatic carbocycles. The number of rotatable bonds is 3. The summed E-state index contributed by atoms with van der Waals surface area (Å²) in [4.78, 5) is 28.1. The van der Waals surface area contributed by atoms with Crippen molar-refractivity contribution in [3.63, 3.8) is 0 Å². The third-order valence-electron chi connectivity index (χ3n) is 5.22. The van der Waals surface area contributed by atoms with Gasteiger partial charge in [-0.3, -0.25) is 10.1 Å². The van der Waals surface area contributed by atoms with Crippen molar-refractivity contribution < 1.29 is 36.3 Å². The Morgan fingerprint density at radius 2 is 1.71 bits per heavy atom. The summed E-state index contributed by atoms with van der Waals surface area (Å²) in [6.45, 7) is 6.05. The highest BCUT2D eigenvalue weighted by molar-refractivity contribution is 7.91. The maximum absolute atomic E-state index is 13.2. The minimum Gasteiger partial charge on any atom is -0.395 e. The fourth-order valence-corrected chi connectivity index (χ4v) is 5.69. The van der Waals surface area contributed by atoms with Crippen LogP contribution in [-0.4, -0.2) is 56.1 Å². The van der Waals surface area contributed by atoms with Crippen LogP contribution in [0.25, 0.3) is 0 Å². The summed E-state index contributed by atoms with van der Waals surface area (Å²) in [6, 6.07) is 4.83. The van der Waals surface area contributed by atoms with Gasteiger partial charge in [0, 0.05) is 29.7 Å². The smallest absolute Gasteiger partial charge is 0.395 e. The van der Waals surface area contributed by atoms with Crippen LogP contribution < -0.4 is 20.1 Å². The first-order valence-corrected chi connectivity index (χ1v) is 13.0. The van der Waals surface area contributed by atoms with Crippen molar-refractivity contribution in [2.75, 3.05) is 35.2 Å². The Morgan fingerprint density at radius 1 is 1.06 bits per heavy atom. The van der Waals surface area contributed by atoms with Gasteiger partial charge in [-0.25, -0.2) is 13.2 Å². The summed E-state index contributed by atoms with van der Waals surface area (Å²) in [5.41, 5.74) is 0.137. The number of carbonyl (C=O) groups is 2. The van der Waals surface area contributed by atoms with Crippen molar-refractivity contribution in [1.29, 1.82) is 0 Å². The molecule has 2 aliphatic rings. The lowest BCUT2D eigenvalue weighted by molar-refractivity contribution is -0.286. The lowest BCUT2D eigenvalue weighted by Crippen LogP contribution is -2.43. The summed E-state index contributed by atoms with van der Waals surface area (Å²) in [5, 5.41) is 5.48. The lowest BCUT2D eigenvalue weighted by atomic mass is 9.94. The summed E-state index contributed by atoms with van der Waals surface area (Å²) < 4.78 is 58.6. The molecule has 0 spiro atoms. The molecule has 1 fully saturated rings. The minimum atomic E-state index is -3.77. The van der Waals surface area contributed by atoms with Gasteiger partial charge in [-0.05, 0) is 23.6 Å². The van der Waals surface area contributed by atoms with E-state index in [4.69, 9.17) is 0 Å². The number of thiophene rings is 1. The summed E-state index contributed by atoms with van der Waals surface area (Å²) in [6.07, 6.45) is -3.77. The molecular weight excluding hydrogens is 492 g/mol. The van der Waals surface area contributed by atoms with Crippen molar-refractivity contribution in [2.45, 2.75) is 32.5 Å². The lowest BCUT2D eigenvalue weighted by Gasteiger charge is -2.26. The van der Waals surface area contributed by atoms with Crippen LogP contribution in [0.4, 0.5) is 24.3 Å². The van der Waals surface area contributed by atoms with Gasteiger partial charge in [0.25, 0.3) is 5.91 Å². The van der Waals surface area contributed by atoms with E-state index in [2.05, 4.69) is 20.1 Å². The van der Waals surface area contributed by atoms with E-state index in [0.717, 1.165) is 4.88 Å². The highest BCUT2D eigenvalue weighted by atomic mass is 32.2. The number of benzene rings is 1. The Balaban J connectivity index is 1.52. The van der Waals surface area contributed by atoms with E-state index >= 15 is 0 Å². The molecule has 4 rings (SSSR count).